The van der Waals surface area contributed by atoms with E-state index >= 15 is 0 Å². The highest BCUT2D eigenvalue weighted by molar-refractivity contribution is 7.03. The van der Waals surface area contributed by atoms with Crippen LogP contribution in [0.3, 0.4) is 0 Å². The third kappa shape index (κ3) is 5.56. The van der Waals surface area contributed by atoms with Crippen LogP contribution in [0.2, 0.25) is 0 Å². The highest BCUT2D eigenvalue weighted by Gasteiger charge is 2.34. The summed E-state index contributed by atoms with van der Waals surface area (Å²) in [6.45, 7) is 0.373. The van der Waals surface area contributed by atoms with E-state index in [0.29, 0.717) is 18.5 Å². The van der Waals surface area contributed by atoms with Crippen molar-refractivity contribution in [2.45, 2.75) is 50.6 Å². The van der Waals surface area contributed by atoms with Gasteiger partial charge in [0.2, 0.25) is 5.91 Å². The summed E-state index contributed by atoms with van der Waals surface area (Å²) in [4.78, 5) is 32.9. The van der Waals surface area contributed by atoms with Crippen LogP contribution in [0.5, 0.6) is 0 Å². The van der Waals surface area contributed by atoms with Gasteiger partial charge in [-0.1, -0.05) is 60.1 Å². The second-order valence-corrected chi connectivity index (χ2v) is 8.67. The molecule has 1 aliphatic rings. The summed E-state index contributed by atoms with van der Waals surface area (Å²) in [6.07, 6.45) is 9.33. The molecule has 2 amide bonds. The number of carbonyl (C=O) groups is 2. The van der Waals surface area contributed by atoms with Gasteiger partial charge in [-0.15, -0.1) is 5.10 Å². The van der Waals surface area contributed by atoms with Crippen molar-refractivity contribution in [2.24, 2.45) is 0 Å². The van der Waals surface area contributed by atoms with E-state index in [2.05, 4.69) is 19.9 Å². The molecule has 0 aliphatic heterocycles. The molecule has 1 fully saturated rings. The second kappa shape index (κ2) is 10.9. The van der Waals surface area contributed by atoms with Gasteiger partial charge < -0.3 is 10.2 Å². The van der Waals surface area contributed by atoms with E-state index in [1.54, 1.807) is 28.7 Å². The zero-order valence-corrected chi connectivity index (χ0v) is 18.7. The number of nitrogens with one attached hydrogen (secondary N) is 1. The molecule has 32 heavy (non-hydrogen) atoms. The molecule has 1 aliphatic carbocycles. The van der Waals surface area contributed by atoms with Gasteiger partial charge in [-0.3, -0.25) is 14.6 Å². The van der Waals surface area contributed by atoms with Crippen LogP contribution < -0.4 is 5.32 Å². The summed E-state index contributed by atoms with van der Waals surface area (Å²) in [5.41, 5.74) is 2.03. The van der Waals surface area contributed by atoms with Gasteiger partial charge >= 0.3 is 0 Å². The molecule has 1 atom stereocenters. The number of carbonyl (C=O) groups excluding carboxylic acids is 2. The summed E-state index contributed by atoms with van der Waals surface area (Å²) < 4.78 is 3.85. The lowest BCUT2D eigenvalue weighted by Gasteiger charge is -2.33. The molecule has 0 radical (unpaired) electrons. The average molecular weight is 450 g/mol. The molecule has 1 saturated carbocycles. The normalized spacial score (nSPS) is 15.1. The number of benzene rings is 1. The van der Waals surface area contributed by atoms with Crippen molar-refractivity contribution >= 4 is 23.3 Å². The maximum absolute atomic E-state index is 13.6. The van der Waals surface area contributed by atoms with E-state index in [4.69, 9.17) is 0 Å². The summed E-state index contributed by atoms with van der Waals surface area (Å²) in [7, 11) is 0. The number of pyridine rings is 1. The maximum atomic E-state index is 13.6. The molecule has 8 heteroatoms. The first-order valence-corrected chi connectivity index (χ1v) is 11.9. The number of nitrogens with zero attached hydrogens (tertiary/aromatic N) is 4. The van der Waals surface area contributed by atoms with E-state index in [0.717, 1.165) is 42.8 Å². The number of rotatable bonds is 8. The number of aromatic nitrogens is 3. The topological polar surface area (TPSA) is 88.1 Å². The fourth-order valence-corrected chi connectivity index (χ4v) is 4.61. The lowest BCUT2D eigenvalue weighted by molar-refractivity contribution is -0.126. The molecule has 2 heterocycles. The molecule has 7 nitrogen and oxygen atoms in total. The highest BCUT2D eigenvalue weighted by atomic mass is 32.1. The fourth-order valence-electron chi connectivity index (χ4n) is 4.18. The van der Waals surface area contributed by atoms with Gasteiger partial charge in [0.25, 0.3) is 5.91 Å². The predicted octanol–water partition coefficient (Wildman–Crippen LogP) is 3.81. The van der Waals surface area contributed by atoms with Crippen molar-refractivity contribution in [3.63, 3.8) is 0 Å². The minimum Gasteiger partial charge on any atom is -0.351 e. The van der Waals surface area contributed by atoms with Crippen LogP contribution in [0.1, 0.15) is 59.8 Å². The van der Waals surface area contributed by atoms with Crippen molar-refractivity contribution in [3.8, 4) is 0 Å². The van der Waals surface area contributed by atoms with Crippen LogP contribution >= 0.6 is 11.5 Å². The summed E-state index contributed by atoms with van der Waals surface area (Å²) in [5, 5.41) is 8.80. The minimum absolute atomic E-state index is 0.141. The molecule has 2 aromatic heterocycles. The minimum atomic E-state index is -0.788. The van der Waals surface area contributed by atoms with Gasteiger partial charge in [0.1, 0.15) is 6.04 Å². The van der Waals surface area contributed by atoms with Crippen molar-refractivity contribution < 1.29 is 9.59 Å². The van der Waals surface area contributed by atoms with Crippen LogP contribution in [0.4, 0.5) is 0 Å². The summed E-state index contributed by atoms with van der Waals surface area (Å²) in [5.74, 6) is -0.475. The van der Waals surface area contributed by atoms with Crippen molar-refractivity contribution in [2.75, 3.05) is 6.54 Å². The quantitative estimate of drug-likeness (QED) is 0.565. The summed E-state index contributed by atoms with van der Waals surface area (Å²) in [6, 6.07) is 12.9. The zero-order chi connectivity index (χ0) is 22.2. The van der Waals surface area contributed by atoms with E-state index in [-0.39, 0.29) is 23.6 Å². The zero-order valence-electron chi connectivity index (χ0n) is 17.9. The molecular formula is C24H27N5O2S. The Bertz CT molecular complexity index is 992. The fraction of sp³-hybridized carbons (Fsp3) is 0.375. The van der Waals surface area contributed by atoms with Crippen LogP contribution in [0, 0.1) is 0 Å². The number of hydrogen-bond donors (Lipinski definition) is 1. The molecule has 166 valence electrons. The van der Waals surface area contributed by atoms with E-state index in [9.17, 15) is 9.59 Å². The van der Waals surface area contributed by atoms with E-state index in [1.165, 1.54) is 6.42 Å². The lowest BCUT2D eigenvalue weighted by Crippen LogP contribution is -2.47. The number of hydrogen-bond acceptors (Lipinski definition) is 6. The molecule has 1 aromatic carbocycles. The first-order chi connectivity index (χ1) is 15.7. The Labute approximate surface area is 192 Å². The molecular weight excluding hydrogens is 422 g/mol. The van der Waals surface area contributed by atoms with Crippen LogP contribution in [0.15, 0.2) is 60.2 Å². The Hall–Kier alpha value is -3.13. The Morgan fingerprint density at radius 2 is 1.91 bits per heavy atom. The van der Waals surface area contributed by atoms with E-state index in [1.807, 2.05) is 36.4 Å². The molecule has 0 saturated heterocycles. The van der Waals surface area contributed by atoms with Crippen LogP contribution in [-0.2, 0) is 11.2 Å². The van der Waals surface area contributed by atoms with Crippen LogP contribution in [-0.4, -0.2) is 43.9 Å². The van der Waals surface area contributed by atoms with Crippen molar-refractivity contribution in [1.82, 2.24) is 24.8 Å². The molecule has 1 N–H and O–H groups in total. The Morgan fingerprint density at radius 1 is 1.09 bits per heavy atom. The molecule has 0 spiro atoms. The Balaban J connectivity index is 1.64. The molecule has 0 bridgehead atoms. The van der Waals surface area contributed by atoms with E-state index < -0.39 is 6.04 Å². The largest absolute Gasteiger partial charge is 0.351 e. The third-order valence-electron chi connectivity index (χ3n) is 5.84. The van der Waals surface area contributed by atoms with Gasteiger partial charge in [-0.25, -0.2) is 0 Å². The van der Waals surface area contributed by atoms with Crippen LogP contribution in [0.25, 0.3) is 0 Å². The van der Waals surface area contributed by atoms with Gasteiger partial charge in [-0.2, -0.15) is 0 Å². The maximum Gasteiger partial charge on any atom is 0.276 e. The molecule has 0 unspecified atom stereocenters. The summed E-state index contributed by atoms with van der Waals surface area (Å²) >= 11 is 1.12. The SMILES string of the molecule is O=C(NC1CCCCC1)[C@H](c1cccnc1)N(CCc1ccccc1)C(=O)c1csnn1. The predicted molar refractivity (Wildman–Crippen MR) is 123 cm³/mol. The van der Waals surface area contributed by atoms with Crippen molar-refractivity contribution in [3.05, 3.63) is 77.1 Å². The molecule has 4 rings (SSSR count). The molecule has 3 aromatic rings. The first-order valence-electron chi connectivity index (χ1n) is 11.0. The highest BCUT2D eigenvalue weighted by Crippen LogP contribution is 2.25. The monoisotopic (exact) mass is 449 g/mol. The standard InChI is InChI=1S/C24H27N5O2S/c30-23(26-20-11-5-2-6-12-20)22(19-10-7-14-25-16-19)29(24(31)21-17-32-28-27-21)15-13-18-8-3-1-4-9-18/h1,3-4,7-10,14,16-17,20,22H,2,5-6,11-13,15H2,(H,26,30)/t22-/m0/s1. The lowest BCUT2D eigenvalue weighted by atomic mass is 9.94. The number of amides is 2. The van der Waals surface area contributed by atoms with Gasteiger partial charge in [0.05, 0.1) is 0 Å². The first kappa shape index (κ1) is 22.1. The smallest absolute Gasteiger partial charge is 0.276 e. The average Bonchev–Trinajstić information content (AvgIpc) is 3.38. The van der Waals surface area contributed by atoms with Crippen molar-refractivity contribution in [1.29, 1.82) is 0 Å². The van der Waals surface area contributed by atoms with Gasteiger partial charge in [0, 0.05) is 35.9 Å². The Kier molecular flexibility index (Phi) is 7.55. The third-order valence-corrected chi connectivity index (χ3v) is 6.34. The Morgan fingerprint density at radius 3 is 2.59 bits per heavy atom. The second-order valence-electron chi connectivity index (χ2n) is 8.06. The van der Waals surface area contributed by atoms with Gasteiger partial charge in [-0.05, 0) is 42.4 Å². The van der Waals surface area contributed by atoms with Gasteiger partial charge in [0.15, 0.2) is 5.69 Å².